The van der Waals surface area contributed by atoms with Crippen molar-refractivity contribution in [2.45, 2.75) is 19.3 Å². The normalized spacial score (nSPS) is 19.1. The third kappa shape index (κ3) is 1.33. The van der Waals surface area contributed by atoms with Gasteiger partial charge in [-0.1, -0.05) is 30.4 Å². The number of carbonyl (C=O) groups is 1. The van der Waals surface area contributed by atoms with Crippen LogP contribution in [0.4, 0.5) is 0 Å². The third-order valence-electron chi connectivity index (χ3n) is 2.66. The van der Waals surface area contributed by atoms with Gasteiger partial charge in [0.05, 0.1) is 0 Å². The first-order chi connectivity index (χ1) is 6.70. The second-order valence-corrected chi connectivity index (χ2v) is 3.60. The Balaban J connectivity index is 2.57. The van der Waals surface area contributed by atoms with Crippen molar-refractivity contribution in [1.82, 2.24) is 0 Å². The van der Waals surface area contributed by atoms with Gasteiger partial charge in [0, 0.05) is 0 Å². The highest BCUT2D eigenvalue weighted by atomic mass is 16.4. The van der Waals surface area contributed by atoms with Crippen molar-refractivity contribution in [3.63, 3.8) is 0 Å². The molecule has 2 rings (SSSR count). The van der Waals surface area contributed by atoms with Crippen LogP contribution in [0, 0.1) is 6.92 Å². The first kappa shape index (κ1) is 9.00. The lowest BCUT2D eigenvalue weighted by molar-refractivity contribution is -0.137. The minimum Gasteiger partial charge on any atom is -0.481 e. The zero-order valence-corrected chi connectivity index (χ0v) is 8.03. The molecule has 1 unspecified atom stereocenters. The summed E-state index contributed by atoms with van der Waals surface area (Å²) in [6, 6.07) is 5.95. The highest BCUT2D eigenvalue weighted by molar-refractivity contribution is 5.80. The molecule has 0 saturated heterocycles. The molecule has 14 heavy (non-hydrogen) atoms. The van der Waals surface area contributed by atoms with E-state index in [0.717, 1.165) is 23.1 Å². The van der Waals surface area contributed by atoms with E-state index in [9.17, 15) is 4.79 Å². The first-order valence-corrected chi connectivity index (χ1v) is 4.68. The standard InChI is InChI=1S/C12H12O2/c1-8-4-2-5-9-6-3-7-10(11(8)9)12(13)14/h2-5,7,10H,6H2,1H3,(H,13,14). The highest BCUT2D eigenvalue weighted by Crippen LogP contribution is 2.29. The van der Waals surface area contributed by atoms with Crippen LogP contribution in [0.15, 0.2) is 30.4 Å². The van der Waals surface area contributed by atoms with Crippen molar-refractivity contribution in [2.75, 3.05) is 0 Å². The van der Waals surface area contributed by atoms with Gasteiger partial charge in [-0.15, -0.1) is 0 Å². The maximum atomic E-state index is 11.0. The monoisotopic (exact) mass is 188 g/mol. The number of carboxylic acid groups (broad SMARTS) is 1. The SMILES string of the molecule is Cc1cccc2c1C(C(=O)O)C=CC2. The average Bonchev–Trinajstić information content (AvgIpc) is 2.17. The molecule has 0 radical (unpaired) electrons. The Morgan fingerprint density at radius 3 is 3.00 bits per heavy atom. The zero-order chi connectivity index (χ0) is 10.1. The van der Waals surface area contributed by atoms with E-state index in [4.69, 9.17) is 5.11 Å². The van der Waals surface area contributed by atoms with Crippen LogP contribution in [-0.2, 0) is 11.2 Å². The van der Waals surface area contributed by atoms with Gasteiger partial charge in [0.15, 0.2) is 0 Å². The molecular weight excluding hydrogens is 176 g/mol. The average molecular weight is 188 g/mol. The van der Waals surface area contributed by atoms with Gasteiger partial charge < -0.3 is 5.11 Å². The fourth-order valence-electron chi connectivity index (χ4n) is 2.00. The Morgan fingerprint density at radius 1 is 1.50 bits per heavy atom. The smallest absolute Gasteiger partial charge is 0.314 e. The van der Waals surface area contributed by atoms with Gasteiger partial charge in [-0.2, -0.15) is 0 Å². The topological polar surface area (TPSA) is 37.3 Å². The van der Waals surface area contributed by atoms with Gasteiger partial charge in [0.25, 0.3) is 0 Å². The first-order valence-electron chi connectivity index (χ1n) is 4.68. The fraction of sp³-hybridized carbons (Fsp3) is 0.250. The third-order valence-corrected chi connectivity index (χ3v) is 2.66. The molecule has 0 bridgehead atoms. The summed E-state index contributed by atoms with van der Waals surface area (Å²) in [5.74, 6) is -1.23. The van der Waals surface area contributed by atoms with E-state index in [1.165, 1.54) is 0 Å². The van der Waals surface area contributed by atoms with Crippen LogP contribution < -0.4 is 0 Å². The van der Waals surface area contributed by atoms with Gasteiger partial charge >= 0.3 is 5.97 Å². The lowest BCUT2D eigenvalue weighted by Crippen LogP contribution is -2.15. The number of rotatable bonds is 1. The molecule has 0 fully saturated rings. The van der Waals surface area contributed by atoms with Gasteiger partial charge in [-0.05, 0) is 30.0 Å². The molecule has 2 heteroatoms. The Labute approximate surface area is 82.9 Å². The number of carboxylic acids is 1. The van der Waals surface area contributed by atoms with Crippen LogP contribution in [0.1, 0.15) is 22.6 Å². The largest absolute Gasteiger partial charge is 0.481 e. The van der Waals surface area contributed by atoms with Crippen molar-refractivity contribution >= 4 is 5.97 Å². The van der Waals surface area contributed by atoms with Crippen LogP contribution in [-0.4, -0.2) is 11.1 Å². The summed E-state index contributed by atoms with van der Waals surface area (Å²) in [4.78, 5) is 11.0. The molecule has 1 aromatic carbocycles. The summed E-state index contributed by atoms with van der Waals surface area (Å²) < 4.78 is 0. The summed E-state index contributed by atoms with van der Waals surface area (Å²) in [7, 11) is 0. The van der Waals surface area contributed by atoms with Gasteiger partial charge in [-0.3, -0.25) is 4.79 Å². The van der Waals surface area contributed by atoms with Gasteiger partial charge in [0.2, 0.25) is 0 Å². The van der Waals surface area contributed by atoms with E-state index in [1.54, 1.807) is 6.08 Å². The van der Waals surface area contributed by atoms with Crippen LogP contribution in [0.5, 0.6) is 0 Å². The molecule has 1 N–H and O–H groups in total. The predicted octanol–water partition coefficient (Wildman–Crippen LogP) is 2.28. The molecule has 0 aromatic heterocycles. The Kier molecular flexibility index (Phi) is 2.12. The number of benzene rings is 1. The van der Waals surface area contributed by atoms with Crippen molar-refractivity contribution < 1.29 is 9.90 Å². The molecule has 1 atom stereocenters. The lowest BCUT2D eigenvalue weighted by atomic mass is 9.85. The second-order valence-electron chi connectivity index (χ2n) is 3.60. The molecule has 0 saturated carbocycles. The number of hydrogen-bond donors (Lipinski definition) is 1. The maximum absolute atomic E-state index is 11.0. The second kappa shape index (κ2) is 3.29. The van der Waals surface area contributed by atoms with E-state index < -0.39 is 11.9 Å². The van der Waals surface area contributed by atoms with Crippen molar-refractivity contribution in [1.29, 1.82) is 0 Å². The van der Waals surface area contributed by atoms with Crippen molar-refractivity contribution in [2.24, 2.45) is 0 Å². The van der Waals surface area contributed by atoms with E-state index in [2.05, 4.69) is 0 Å². The summed E-state index contributed by atoms with van der Waals surface area (Å²) in [6.07, 6.45) is 4.55. The summed E-state index contributed by atoms with van der Waals surface area (Å²) >= 11 is 0. The molecular formula is C12H12O2. The van der Waals surface area contributed by atoms with Crippen LogP contribution in [0.2, 0.25) is 0 Å². The number of aryl methyl sites for hydroxylation is 1. The Bertz CT molecular complexity index is 405. The van der Waals surface area contributed by atoms with Crippen molar-refractivity contribution in [3.8, 4) is 0 Å². The quantitative estimate of drug-likeness (QED) is 0.686. The molecule has 0 heterocycles. The molecule has 1 aliphatic rings. The molecule has 0 aliphatic heterocycles. The number of allylic oxidation sites excluding steroid dienone is 1. The molecule has 0 amide bonds. The number of aliphatic carboxylic acids is 1. The molecule has 0 spiro atoms. The summed E-state index contributed by atoms with van der Waals surface area (Å²) in [5, 5.41) is 9.06. The minimum absolute atomic E-state index is 0.458. The maximum Gasteiger partial charge on any atom is 0.314 e. The van der Waals surface area contributed by atoms with Crippen LogP contribution >= 0.6 is 0 Å². The molecule has 72 valence electrons. The van der Waals surface area contributed by atoms with E-state index in [-0.39, 0.29) is 0 Å². The summed E-state index contributed by atoms with van der Waals surface area (Å²) in [5.41, 5.74) is 3.18. The number of hydrogen-bond acceptors (Lipinski definition) is 1. The Morgan fingerprint density at radius 2 is 2.29 bits per heavy atom. The Hall–Kier alpha value is -1.57. The van der Waals surface area contributed by atoms with E-state index in [1.807, 2.05) is 31.2 Å². The zero-order valence-electron chi connectivity index (χ0n) is 8.03. The fourth-order valence-corrected chi connectivity index (χ4v) is 2.00. The van der Waals surface area contributed by atoms with E-state index in [0.29, 0.717) is 0 Å². The van der Waals surface area contributed by atoms with Crippen molar-refractivity contribution in [3.05, 3.63) is 47.0 Å². The van der Waals surface area contributed by atoms with Crippen LogP contribution in [0.3, 0.4) is 0 Å². The molecule has 2 nitrogen and oxygen atoms in total. The highest BCUT2D eigenvalue weighted by Gasteiger charge is 2.23. The molecule has 1 aliphatic carbocycles. The minimum atomic E-state index is -0.767. The number of fused-ring (bicyclic) bond motifs is 1. The van der Waals surface area contributed by atoms with E-state index >= 15 is 0 Å². The van der Waals surface area contributed by atoms with Crippen LogP contribution in [0.25, 0.3) is 0 Å². The van der Waals surface area contributed by atoms with Gasteiger partial charge in [-0.25, -0.2) is 0 Å². The molecule has 1 aromatic rings. The lowest BCUT2D eigenvalue weighted by Gasteiger charge is -2.19. The summed E-state index contributed by atoms with van der Waals surface area (Å²) in [6.45, 7) is 1.97. The van der Waals surface area contributed by atoms with Gasteiger partial charge in [0.1, 0.15) is 5.92 Å². The predicted molar refractivity (Wildman–Crippen MR) is 54.4 cm³/mol.